The standard InChI is InChI=1S/C17H29NO.ClH/c1-5-10-19-17-9-8-14(13(4)6-2)11-15(17)12-16(18)7-3;/h8-9,11,13,16H,5-7,10,12,18H2,1-4H3;1H. The van der Waals surface area contributed by atoms with E-state index >= 15 is 0 Å². The van der Waals surface area contributed by atoms with E-state index in [1.165, 1.54) is 11.1 Å². The molecule has 0 bridgehead atoms. The minimum atomic E-state index is 0. The Hall–Kier alpha value is -0.730. The second-order valence-corrected chi connectivity index (χ2v) is 5.40. The first kappa shape index (κ1) is 19.3. The van der Waals surface area contributed by atoms with Gasteiger partial charge in [0.1, 0.15) is 5.75 Å². The van der Waals surface area contributed by atoms with Crippen LogP contribution in [0.4, 0.5) is 0 Å². The molecule has 0 spiro atoms. The maximum absolute atomic E-state index is 6.11. The zero-order chi connectivity index (χ0) is 14.3. The van der Waals surface area contributed by atoms with Gasteiger partial charge in [-0.2, -0.15) is 0 Å². The van der Waals surface area contributed by atoms with Gasteiger partial charge in [-0.3, -0.25) is 0 Å². The molecular weight excluding hydrogens is 270 g/mol. The van der Waals surface area contributed by atoms with Gasteiger partial charge in [-0.05, 0) is 48.8 Å². The lowest BCUT2D eigenvalue weighted by molar-refractivity contribution is 0.313. The normalized spacial score (nSPS) is 13.4. The Morgan fingerprint density at radius 1 is 1.15 bits per heavy atom. The van der Waals surface area contributed by atoms with Crippen LogP contribution in [-0.2, 0) is 6.42 Å². The van der Waals surface area contributed by atoms with Crippen molar-refractivity contribution >= 4 is 12.4 Å². The molecule has 0 aliphatic rings. The van der Waals surface area contributed by atoms with Crippen LogP contribution in [0.1, 0.15) is 64.0 Å². The molecule has 0 aromatic heterocycles. The lowest BCUT2D eigenvalue weighted by atomic mass is 9.94. The number of halogens is 1. The molecule has 2 N–H and O–H groups in total. The van der Waals surface area contributed by atoms with E-state index in [4.69, 9.17) is 10.5 Å². The van der Waals surface area contributed by atoms with Crippen molar-refractivity contribution in [3.8, 4) is 5.75 Å². The average molecular weight is 300 g/mol. The summed E-state index contributed by atoms with van der Waals surface area (Å²) in [6.07, 6.45) is 4.10. The first-order chi connectivity index (χ1) is 9.12. The quantitative estimate of drug-likeness (QED) is 0.756. The number of benzene rings is 1. The van der Waals surface area contributed by atoms with Crippen LogP contribution in [0.3, 0.4) is 0 Å². The maximum Gasteiger partial charge on any atom is 0.122 e. The van der Waals surface area contributed by atoms with Gasteiger partial charge >= 0.3 is 0 Å². The highest BCUT2D eigenvalue weighted by Gasteiger charge is 2.11. The molecule has 0 saturated carbocycles. The molecule has 0 heterocycles. The van der Waals surface area contributed by atoms with Crippen molar-refractivity contribution in [2.24, 2.45) is 5.73 Å². The average Bonchev–Trinajstić information content (AvgIpc) is 2.44. The number of hydrogen-bond acceptors (Lipinski definition) is 2. The number of nitrogens with two attached hydrogens (primary N) is 1. The van der Waals surface area contributed by atoms with Crippen LogP contribution in [0.15, 0.2) is 18.2 Å². The summed E-state index contributed by atoms with van der Waals surface area (Å²) in [5.74, 6) is 1.61. The SMILES string of the molecule is CCCOc1ccc(C(C)CC)cc1CC(N)CC.Cl. The Kier molecular flexibility index (Phi) is 9.70. The van der Waals surface area contributed by atoms with Gasteiger partial charge < -0.3 is 10.5 Å². The summed E-state index contributed by atoms with van der Waals surface area (Å²) in [7, 11) is 0. The summed E-state index contributed by atoms with van der Waals surface area (Å²) in [6, 6.07) is 6.82. The largest absolute Gasteiger partial charge is 0.493 e. The van der Waals surface area contributed by atoms with Crippen LogP contribution < -0.4 is 10.5 Å². The first-order valence-corrected chi connectivity index (χ1v) is 7.63. The summed E-state index contributed by atoms with van der Waals surface area (Å²) >= 11 is 0. The highest BCUT2D eigenvalue weighted by molar-refractivity contribution is 5.85. The number of hydrogen-bond donors (Lipinski definition) is 1. The Morgan fingerprint density at radius 3 is 2.40 bits per heavy atom. The van der Waals surface area contributed by atoms with E-state index in [0.717, 1.165) is 38.0 Å². The van der Waals surface area contributed by atoms with Gasteiger partial charge in [-0.1, -0.05) is 39.8 Å². The van der Waals surface area contributed by atoms with Crippen LogP contribution in [0.25, 0.3) is 0 Å². The Morgan fingerprint density at radius 2 is 1.85 bits per heavy atom. The molecule has 0 fully saturated rings. The third kappa shape index (κ3) is 5.72. The molecule has 116 valence electrons. The molecule has 0 aliphatic carbocycles. The molecule has 2 unspecified atom stereocenters. The minimum absolute atomic E-state index is 0. The molecule has 20 heavy (non-hydrogen) atoms. The fourth-order valence-electron chi connectivity index (χ4n) is 2.08. The fraction of sp³-hybridized carbons (Fsp3) is 0.647. The Balaban J connectivity index is 0.00000361. The van der Waals surface area contributed by atoms with Gasteiger partial charge in [0.05, 0.1) is 6.61 Å². The highest BCUT2D eigenvalue weighted by atomic mass is 35.5. The van der Waals surface area contributed by atoms with E-state index in [9.17, 15) is 0 Å². The van der Waals surface area contributed by atoms with Crippen LogP contribution in [0.2, 0.25) is 0 Å². The van der Waals surface area contributed by atoms with Gasteiger partial charge in [-0.15, -0.1) is 12.4 Å². The topological polar surface area (TPSA) is 35.2 Å². The Labute approximate surface area is 130 Å². The van der Waals surface area contributed by atoms with Crippen molar-refractivity contribution in [3.05, 3.63) is 29.3 Å². The second-order valence-electron chi connectivity index (χ2n) is 5.40. The predicted octanol–water partition coefficient (Wildman–Crippen LogP) is 4.69. The van der Waals surface area contributed by atoms with E-state index < -0.39 is 0 Å². The van der Waals surface area contributed by atoms with Gasteiger partial charge in [0.15, 0.2) is 0 Å². The van der Waals surface area contributed by atoms with Crippen LogP contribution in [-0.4, -0.2) is 12.6 Å². The van der Waals surface area contributed by atoms with E-state index in [0.29, 0.717) is 5.92 Å². The molecule has 1 aromatic carbocycles. The molecule has 1 aromatic rings. The third-order valence-electron chi connectivity index (χ3n) is 3.73. The zero-order valence-electron chi connectivity index (χ0n) is 13.3. The lowest BCUT2D eigenvalue weighted by Gasteiger charge is -2.17. The molecule has 0 aliphatic heterocycles. The molecule has 0 radical (unpaired) electrons. The highest BCUT2D eigenvalue weighted by Crippen LogP contribution is 2.27. The zero-order valence-corrected chi connectivity index (χ0v) is 14.1. The van der Waals surface area contributed by atoms with Crippen LogP contribution in [0.5, 0.6) is 5.75 Å². The lowest BCUT2D eigenvalue weighted by Crippen LogP contribution is -2.22. The van der Waals surface area contributed by atoms with Crippen molar-refractivity contribution in [3.63, 3.8) is 0 Å². The van der Waals surface area contributed by atoms with Crippen LogP contribution in [0, 0.1) is 0 Å². The number of ether oxygens (including phenoxy) is 1. The molecule has 2 atom stereocenters. The monoisotopic (exact) mass is 299 g/mol. The van der Waals surface area contributed by atoms with Gasteiger partial charge in [0.25, 0.3) is 0 Å². The summed E-state index contributed by atoms with van der Waals surface area (Å²) in [4.78, 5) is 0. The van der Waals surface area contributed by atoms with E-state index in [1.54, 1.807) is 0 Å². The molecular formula is C17H30ClNO. The van der Waals surface area contributed by atoms with Gasteiger partial charge in [-0.25, -0.2) is 0 Å². The van der Waals surface area contributed by atoms with Crippen molar-refractivity contribution in [2.75, 3.05) is 6.61 Å². The summed E-state index contributed by atoms with van der Waals surface area (Å²) < 4.78 is 5.84. The summed E-state index contributed by atoms with van der Waals surface area (Å²) in [5.41, 5.74) is 8.76. The summed E-state index contributed by atoms with van der Waals surface area (Å²) in [6.45, 7) is 9.53. The third-order valence-corrected chi connectivity index (χ3v) is 3.73. The minimum Gasteiger partial charge on any atom is -0.493 e. The number of rotatable bonds is 8. The van der Waals surface area contributed by atoms with Gasteiger partial charge in [0.2, 0.25) is 0 Å². The van der Waals surface area contributed by atoms with Gasteiger partial charge in [0, 0.05) is 6.04 Å². The second kappa shape index (κ2) is 10.1. The molecule has 2 nitrogen and oxygen atoms in total. The summed E-state index contributed by atoms with van der Waals surface area (Å²) in [5, 5.41) is 0. The molecule has 0 amide bonds. The predicted molar refractivity (Wildman–Crippen MR) is 90.2 cm³/mol. The Bertz CT molecular complexity index is 381. The van der Waals surface area contributed by atoms with E-state index in [1.807, 2.05) is 0 Å². The van der Waals surface area contributed by atoms with Crippen molar-refractivity contribution in [1.29, 1.82) is 0 Å². The smallest absolute Gasteiger partial charge is 0.122 e. The maximum atomic E-state index is 6.11. The fourth-order valence-corrected chi connectivity index (χ4v) is 2.08. The molecule has 1 rings (SSSR count). The van der Waals surface area contributed by atoms with E-state index in [2.05, 4.69) is 45.9 Å². The van der Waals surface area contributed by atoms with Crippen molar-refractivity contribution in [1.82, 2.24) is 0 Å². The van der Waals surface area contributed by atoms with E-state index in [-0.39, 0.29) is 18.4 Å². The first-order valence-electron chi connectivity index (χ1n) is 7.63. The van der Waals surface area contributed by atoms with Crippen LogP contribution >= 0.6 is 12.4 Å². The van der Waals surface area contributed by atoms with Crippen molar-refractivity contribution in [2.45, 2.75) is 65.3 Å². The molecule has 3 heteroatoms. The molecule has 0 saturated heterocycles. The van der Waals surface area contributed by atoms with Crippen molar-refractivity contribution < 1.29 is 4.74 Å².